The Morgan fingerprint density at radius 2 is 0.904 bits per heavy atom. The molecule has 3 heteroatoms. The van der Waals surface area contributed by atoms with Crippen LogP contribution in [0.1, 0.15) is 49.9 Å². The molecule has 0 spiro atoms. The molecule has 346 valence electrons. The Hall–Kier alpha value is -8.92. The second-order valence-electron chi connectivity index (χ2n) is 21.2. The molecule has 0 bridgehead atoms. The number of hydrogen-bond acceptors (Lipinski definition) is 3. The Bertz CT molecular complexity index is 4370. The van der Waals surface area contributed by atoms with Crippen molar-refractivity contribution in [1.29, 1.82) is 0 Å². The zero-order chi connectivity index (χ0) is 48.7. The summed E-state index contributed by atoms with van der Waals surface area (Å²) >= 11 is 0. The minimum Gasteiger partial charge on any atom is -0.453 e. The van der Waals surface area contributed by atoms with Gasteiger partial charge in [0.25, 0.3) is 0 Å². The molecule has 0 N–H and O–H groups in total. The van der Waals surface area contributed by atoms with Crippen molar-refractivity contribution in [3.63, 3.8) is 0 Å². The Kier molecular flexibility index (Phi) is 8.76. The minimum absolute atomic E-state index is 0.0591. The summed E-state index contributed by atoms with van der Waals surface area (Å²) in [5.41, 5.74) is 21.0. The largest absolute Gasteiger partial charge is 0.453 e. The van der Waals surface area contributed by atoms with E-state index in [1.807, 2.05) is 0 Å². The molecule has 15 rings (SSSR count). The first kappa shape index (κ1) is 41.8. The minimum atomic E-state index is -0.255. The molecule has 12 aromatic carbocycles. The van der Waals surface area contributed by atoms with Crippen LogP contribution < -0.4 is 9.80 Å². The number of furan rings is 1. The third-order valence-corrected chi connectivity index (χ3v) is 16.6. The van der Waals surface area contributed by atoms with E-state index in [0.717, 1.165) is 67.2 Å². The molecule has 1 aromatic heterocycles. The highest BCUT2D eigenvalue weighted by molar-refractivity contribution is 6.29. The fourth-order valence-corrected chi connectivity index (χ4v) is 13.1. The molecule has 3 nitrogen and oxygen atoms in total. The Labute approximate surface area is 425 Å². The molecule has 2 aliphatic carbocycles. The quantitative estimate of drug-likeness (QED) is 0.149. The average Bonchev–Trinajstić information content (AvgIpc) is 4.06. The molecule has 0 fully saturated rings. The van der Waals surface area contributed by atoms with Crippen molar-refractivity contribution >= 4 is 88.4 Å². The van der Waals surface area contributed by atoms with Gasteiger partial charge in [-0.3, -0.25) is 0 Å². The van der Waals surface area contributed by atoms with Gasteiger partial charge in [0.2, 0.25) is 0 Å². The second kappa shape index (κ2) is 15.3. The molecule has 0 aliphatic heterocycles. The highest BCUT2D eigenvalue weighted by Crippen LogP contribution is 2.57. The first-order chi connectivity index (χ1) is 35.7. The zero-order valence-electron chi connectivity index (χ0n) is 41.2. The number of hydrogen-bond donors (Lipinski definition) is 0. The Morgan fingerprint density at radius 1 is 0.315 bits per heavy atom. The lowest BCUT2D eigenvalue weighted by Gasteiger charge is -2.29. The van der Waals surface area contributed by atoms with Crippen molar-refractivity contribution in [2.45, 2.75) is 38.5 Å². The van der Waals surface area contributed by atoms with Crippen molar-refractivity contribution < 1.29 is 4.42 Å². The van der Waals surface area contributed by atoms with Crippen LogP contribution >= 0.6 is 0 Å². The van der Waals surface area contributed by atoms with Crippen LogP contribution in [0.5, 0.6) is 0 Å². The Morgan fingerprint density at radius 3 is 1.70 bits per heavy atom. The number of nitrogens with zero attached hydrogens (tertiary/aromatic N) is 2. The second-order valence-corrected chi connectivity index (χ2v) is 21.2. The number of benzene rings is 12. The molecule has 2 aliphatic rings. The predicted molar refractivity (Wildman–Crippen MR) is 307 cm³/mol. The SMILES string of the molecule is CC1(C)c2ccccc2-c2cc(N(c3ccccc3)c3ccc4c(c3)C(C)(C)c3cc5ccc6c(N(c7ccccc7)c7cccc8c7oc7c(-c9ccccc9)cccc78)ccc7ccc(c3-4)c5c76)ccc21. The van der Waals surface area contributed by atoms with E-state index in [0.29, 0.717) is 0 Å². The van der Waals surface area contributed by atoms with Gasteiger partial charge in [0, 0.05) is 55.3 Å². The van der Waals surface area contributed by atoms with Crippen LogP contribution in [0.15, 0.2) is 235 Å². The highest BCUT2D eigenvalue weighted by atomic mass is 16.3. The summed E-state index contributed by atoms with van der Waals surface area (Å²) in [5, 5.41) is 9.76. The zero-order valence-corrected chi connectivity index (χ0v) is 41.2. The van der Waals surface area contributed by atoms with Crippen LogP contribution in [0.2, 0.25) is 0 Å². The fourth-order valence-electron chi connectivity index (χ4n) is 13.1. The van der Waals surface area contributed by atoms with Gasteiger partial charge in [-0.05, 0) is 144 Å². The van der Waals surface area contributed by atoms with E-state index in [9.17, 15) is 0 Å². The molecule has 0 unspecified atom stereocenters. The van der Waals surface area contributed by atoms with Gasteiger partial charge in [0.1, 0.15) is 5.58 Å². The summed E-state index contributed by atoms with van der Waals surface area (Å²) in [4.78, 5) is 4.85. The summed E-state index contributed by atoms with van der Waals surface area (Å²) in [6, 6.07) is 85.0. The van der Waals surface area contributed by atoms with Crippen LogP contribution in [0.3, 0.4) is 0 Å². The van der Waals surface area contributed by atoms with Crippen molar-refractivity contribution in [2.75, 3.05) is 9.80 Å². The normalized spacial score (nSPS) is 14.0. The van der Waals surface area contributed by atoms with E-state index in [4.69, 9.17) is 4.42 Å². The lowest BCUT2D eigenvalue weighted by molar-refractivity contribution is 0.660. The van der Waals surface area contributed by atoms with Crippen LogP contribution in [0, 0.1) is 0 Å². The van der Waals surface area contributed by atoms with Crippen LogP contribution in [0.4, 0.5) is 34.1 Å². The maximum atomic E-state index is 7.09. The molecule has 73 heavy (non-hydrogen) atoms. The number of para-hydroxylation sites is 4. The molecule has 0 radical (unpaired) electrons. The van der Waals surface area contributed by atoms with Crippen molar-refractivity contribution in [1.82, 2.24) is 0 Å². The van der Waals surface area contributed by atoms with E-state index in [1.165, 1.54) is 76.8 Å². The highest BCUT2D eigenvalue weighted by Gasteiger charge is 2.39. The standard InChI is InChI=1S/C70H50N2O/c1-69(2)58-28-15-14-24-51(58)57-41-48(34-38-59(57)69)71(46-20-10-6-11-21-46)49-33-37-54-60(42-49)70(3,4)61-40-45-31-35-55-62(39-32-44-30-36-56(66(54)61)65(45)64(44)55)72(47-22-12-7-13-23-47)63-29-17-27-53-52-26-16-25-50(67(52)73-68(53)63)43-18-8-5-9-19-43/h5-42H,1-4H3. The number of anilines is 6. The fraction of sp³-hybridized carbons (Fsp3) is 0.0857. The van der Waals surface area contributed by atoms with Crippen LogP contribution in [0.25, 0.3) is 87.6 Å². The van der Waals surface area contributed by atoms with Crippen LogP contribution in [-0.4, -0.2) is 0 Å². The van der Waals surface area contributed by atoms with Crippen molar-refractivity contribution in [3.05, 3.63) is 253 Å². The number of rotatable bonds is 7. The maximum absolute atomic E-state index is 7.09. The summed E-state index contributed by atoms with van der Waals surface area (Å²) in [5.74, 6) is 0. The topological polar surface area (TPSA) is 19.6 Å². The monoisotopic (exact) mass is 934 g/mol. The van der Waals surface area contributed by atoms with E-state index in [2.05, 4.69) is 268 Å². The lowest BCUT2D eigenvalue weighted by Crippen LogP contribution is -2.17. The van der Waals surface area contributed by atoms with Gasteiger partial charge in [-0.15, -0.1) is 0 Å². The van der Waals surface area contributed by atoms with Crippen LogP contribution in [-0.2, 0) is 10.8 Å². The lowest BCUT2D eigenvalue weighted by atomic mass is 9.80. The summed E-state index contributed by atoms with van der Waals surface area (Å²) in [6.45, 7) is 9.53. The summed E-state index contributed by atoms with van der Waals surface area (Å²) in [6.07, 6.45) is 0. The molecule has 0 saturated heterocycles. The first-order valence-electron chi connectivity index (χ1n) is 25.6. The van der Waals surface area contributed by atoms with Gasteiger partial charge < -0.3 is 14.2 Å². The molecule has 13 aromatic rings. The molecule has 0 amide bonds. The van der Waals surface area contributed by atoms with Gasteiger partial charge in [-0.25, -0.2) is 0 Å². The molecule has 0 atom stereocenters. The van der Waals surface area contributed by atoms with E-state index >= 15 is 0 Å². The van der Waals surface area contributed by atoms with Crippen molar-refractivity contribution in [3.8, 4) is 33.4 Å². The molecule has 1 heterocycles. The summed E-state index contributed by atoms with van der Waals surface area (Å²) in [7, 11) is 0. The van der Waals surface area contributed by atoms with Gasteiger partial charge in [0.05, 0.1) is 11.4 Å². The average molecular weight is 935 g/mol. The van der Waals surface area contributed by atoms with Gasteiger partial charge in [-0.1, -0.05) is 191 Å². The predicted octanol–water partition coefficient (Wildman–Crippen LogP) is 19.7. The molecule has 0 saturated carbocycles. The third-order valence-electron chi connectivity index (χ3n) is 16.6. The van der Waals surface area contributed by atoms with Crippen molar-refractivity contribution in [2.24, 2.45) is 0 Å². The van der Waals surface area contributed by atoms with E-state index in [1.54, 1.807) is 0 Å². The third kappa shape index (κ3) is 5.94. The summed E-state index contributed by atoms with van der Waals surface area (Å²) < 4.78 is 7.09. The van der Waals surface area contributed by atoms with E-state index in [-0.39, 0.29) is 10.8 Å². The van der Waals surface area contributed by atoms with Gasteiger partial charge >= 0.3 is 0 Å². The smallest absolute Gasteiger partial charge is 0.159 e. The number of fused-ring (bicyclic) bond motifs is 10. The molecular formula is C70H50N2O. The Balaban J connectivity index is 0.906. The molecular weight excluding hydrogens is 885 g/mol. The van der Waals surface area contributed by atoms with Gasteiger partial charge in [0.15, 0.2) is 5.58 Å². The maximum Gasteiger partial charge on any atom is 0.159 e. The van der Waals surface area contributed by atoms with E-state index < -0.39 is 0 Å². The van der Waals surface area contributed by atoms with Gasteiger partial charge in [-0.2, -0.15) is 0 Å². The first-order valence-corrected chi connectivity index (χ1v) is 25.6.